The molecule has 1 heterocycles. The third-order valence-electron chi connectivity index (χ3n) is 2.09. The van der Waals surface area contributed by atoms with Gasteiger partial charge in [-0.25, -0.2) is 4.98 Å². The van der Waals surface area contributed by atoms with Gasteiger partial charge in [0.05, 0.1) is 17.4 Å². The van der Waals surface area contributed by atoms with Gasteiger partial charge in [-0.3, -0.25) is 0 Å². The van der Waals surface area contributed by atoms with Crippen molar-refractivity contribution in [3.8, 4) is 0 Å². The van der Waals surface area contributed by atoms with Gasteiger partial charge < -0.3 is 4.57 Å². The minimum Gasteiger partial charge on any atom is -0.329 e. The lowest BCUT2D eigenvalue weighted by atomic mass is 10.3. The average molecular weight is 318 g/mol. The predicted octanol–water partition coefficient (Wildman–Crippen LogP) is 3.19. The van der Waals surface area contributed by atoms with Gasteiger partial charge in [-0.2, -0.15) is 0 Å². The zero-order chi connectivity index (χ0) is 9.97. The van der Waals surface area contributed by atoms with Crippen molar-refractivity contribution in [3.05, 3.63) is 30.6 Å². The third kappa shape index (κ3) is 2.01. The van der Waals surface area contributed by atoms with Gasteiger partial charge in [0.25, 0.3) is 0 Å². The number of rotatable bonds is 3. The van der Waals surface area contributed by atoms with E-state index >= 15 is 0 Å². The summed E-state index contributed by atoms with van der Waals surface area (Å²) in [4.78, 5) is 4.78. The van der Waals surface area contributed by atoms with E-state index in [1.54, 1.807) is 0 Å². The van der Waals surface area contributed by atoms with Gasteiger partial charge in [-0.15, -0.1) is 0 Å². The molecule has 0 aliphatic heterocycles. The lowest BCUT2D eigenvalue weighted by Crippen LogP contribution is -2.09. The first kappa shape index (κ1) is 10.2. The largest absolute Gasteiger partial charge is 0.329 e. The van der Waals surface area contributed by atoms with E-state index < -0.39 is 0 Å². The van der Waals surface area contributed by atoms with Crippen LogP contribution in [0.3, 0.4) is 0 Å². The van der Waals surface area contributed by atoms with Crippen molar-refractivity contribution in [1.29, 1.82) is 0 Å². The predicted molar refractivity (Wildman–Crippen MR) is 66.2 cm³/mol. The lowest BCUT2D eigenvalue weighted by Gasteiger charge is -2.07. The van der Waals surface area contributed by atoms with E-state index in [1.807, 2.05) is 24.5 Å². The number of alkyl halides is 2. The maximum Gasteiger partial charge on any atom is 0.0958 e. The summed E-state index contributed by atoms with van der Waals surface area (Å²) in [7, 11) is 0. The normalized spacial score (nSPS) is 13.3. The zero-order valence-corrected chi connectivity index (χ0v) is 10.7. The minimum atomic E-state index is 0.445. The molecule has 0 aliphatic rings. The van der Waals surface area contributed by atoms with Crippen LogP contribution in [-0.4, -0.2) is 19.7 Å². The Kier molecular flexibility index (Phi) is 3.23. The van der Waals surface area contributed by atoms with Crippen LogP contribution in [0.4, 0.5) is 0 Å². The van der Waals surface area contributed by atoms with Crippen molar-refractivity contribution in [2.45, 2.75) is 11.4 Å². The molecule has 1 aromatic heterocycles. The maximum atomic E-state index is 4.33. The minimum absolute atomic E-state index is 0.445. The number of halogens is 2. The summed E-state index contributed by atoms with van der Waals surface area (Å²) in [5.74, 6) is 0. The highest BCUT2D eigenvalue weighted by Crippen LogP contribution is 2.15. The second kappa shape index (κ2) is 4.45. The highest BCUT2D eigenvalue weighted by Gasteiger charge is 2.06. The SMILES string of the molecule is BrCC(Br)Cn1cnc2ccccc21. The fourth-order valence-corrected chi connectivity index (χ4v) is 1.93. The van der Waals surface area contributed by atoms with E-state index in [0.29, 0.717) is 4.83 Å². The molecule has 2 aromatic rings. The quantitative estimate of drug-likeness (QED) is 0.795. The van der Waals surface area contributed by atoms with Gasteiger partial charge in [0.1, 0.15) is 0 Å². The van der Waals surface area contributed by atoms with E-state index in [2.05, 4.69) is 47.5 Å². The summed E-state index contributed by atoms with van der Waals surface area (Å²) in [6, 6.07) is 8.17. The first-order valence-corrected chi connectivity index (χ1v) is 6.45. The molecule has 2 rings (SSSR count). The topological polar surface area (TPSA) is 17.8 Å². The standard InChI is InChI=1S/C10H10Br2N2/c11-5-8(12)6-14-7-13-9-3-1-2-4-10(9)14/h1-4,7-8H,5-6H2. The van der Waals surface area contributed by atoms with Crippen LogP contribution in [0.5, 0.6) is 0 Å². The second-order valence-corrected chi connectivity index (χ2v) is 5.08. The van der Waals surface area contributed by atoms with Crippen LogP contribution in [0, 0.1) is 0 Å². The number of fused-ring (bicyclic) bond motifs is 1. The number of para-hydroxylation sites is 2. The summed E-state index contributed by atoms with van der Waals surface area (Å²) >= 11 is 7.03. The zero-order valence-electron chi connectivity index (χ0n) is 7.53. The molecule has 0 bridgehead atoms. The Morgan fingerprint density at radius 2 is 2.14 bits per heavy atom. The Labute approximate surface area is 99.6 Å². The molecule has 0 amide bonds. The molecule has 0 radical (unpaired) electrons. The van der Waals surface area contributed by atoms with Gasteiger partial charge >= 0.3 is 0 Å². The fourth-order valence-electron chi connectivity index (χ4n) is 1.42. The molecule has 1 atom stereocenters. The molecule has 0 fully saturated rings. The summed E-state index contributed by atoms with van der Waals surface area (Å²) in [6.07, 6.45) is 1.89. The van der Waals surface area contributed by atoms with Crippen LogP contribution in [0.15, 0.2) is 30.6 Å². The third-order valence-corrected chi connectivity index (χ3v) is 4.35. The van der Waals surface area contributed by atoms with Gasteiger partial charge in [0.2, 0.25) is 0 Å². The van der Waals surface area contributed by atoms with Crippen molar-refractivity contribution in [2.24, 2.45) is 0 Å². The number of hydrogen-bond acceptors (Lipinski definition) is 1. The monoisotopic (exact) mass is 316 g/mol. The highest BCUT2D eigenvalue weighted by atomic mass is 79.9. The van der Waals surface area contributed by atoms with E-state index in [9.17, 15) is 0 Å². The number of aromatic nitrogens is 2. The second-order valence-electron chi connectivity index (χ2n) is 3.14. The molecule has 0 aliphatic carbocycles. The molecule has 0 saturated heterocycles. The molecule has 74 valence electrons. The van der Waals surface area contributed by atoms with Gasteiger partial charge in [0, 0.05) is 16.7 Å². The van der Waals surface area contributed by atoms with Gasteiger partial charge in [-0.05, 0) is 12.1 Å². The number of benzene rings is 1. The Balaban J connectivity index is 2.33. The Morgan fingerprint density at radius 1 is 1.36 bits per heavy atom. The highest BCUT2D eigenvalue weighted by molar-refractivity contribution is 9.12. The molecule has 14 heavy (non-hydrogen) atoms. The lowest BCUT2D eigenvalue weighted by molar-refractivity contribution is 0.725. The summed E-state index contributed by atoms with van der Waals surface area (Å²) in [5.41, 5.74) is 2.25. The van der Waals surface area contributed by atoms with Crippen LogP contribution in [0.2, 0.25) is 0 Å². The summed E-state index contributed by atoms with van der Waals surface area (Å²) < 4.78 is 2.16. The van der Waals surface area contributed by atoms with Crippen molar-refractivity contribution in [3.63, 3.8) is 0 Å². The Bertz CT molecular complexity index is 425. The number of nitrogens with zero attached hydrogens (tertiary/aromatic N) is 2. The molecule has 1 unspecified atom stereocenters. The van der Waals surface area contributed by atoms with Gasteiger partial charge in [0.15, 0.2) is 0 Å². The molecular weight excluding hydrogens is 308 g/mol. The van der Waals surface area contributed by atoms with E-state index in [-0.39, 0.29) is 0 Å². The van der Waals surface area contributed by atoms with E-state index in [4.69, 9.17) is 0 Å². The van der Waals surface area contributed by atoms with Crippen molar-refractivity contribution >= 4 is 42.9 Å². The first-order valence-electron chi connectivity index (χ1n) is 4.41. The van der Waals surface area contributed by atoms with Crippen molar-refractivity contribution in [2.75, 3.05) is 5.33 Å². The van der Waals surface area contributed by atoms with Crippen LogP contribution in [0.25, 0.3) is 11.0 Å². The smallest absolute Gasteiger partial charge is 0.0958 e. The first-order chi connectivity index (χ1) is 6.81. The number of hydrogen-bond donors (Lipinski definition) is 0. The molecule has 0 spiro atoms. The molecule has 4 heteroatoms. The molecular formula is C10H10Br2N2. The molecule has 0 N–H and O–H groups in total. The van der Waals surface area contributed by atoms with Crippen LogP contribution < -0.4 is 0 Å². The Hall–Kier alpha value is -0.350. The number of imidazole rings is 1. The van der Waals surface area contributed by atoms with E-state index in [0.717, 1.165) is 17.4 Å². The fraction of sp³-hybridized carbons (Fsp3) is 0.300. The maximum absolute atomic E-state index is 4.33. The summed E-state index contributed by atoms with van der Waals surface area (Å²) in [5, 5.41) is 0.944. The van der Waals surface area contributed by atoms with Gasteiger partial charge in [-0.1, -0.05) is 44.0 Å². The van der Waals surface area contributed by atoms with Crippen LogP contribution in [-0.2, 0) is 6.54 Å². The molecule has 0 saturated carbocycles. The van der Waals surface area contributed by atoms with Crippen molar-refractivity contribution in [1.82, 2.24) is 9.55 Å². The van der Waals surface area contributed by atoms with E-state index in [1.165, 1.54) is 5.52 Å². The summed E-state index contributed by atoms with van der Waals surface area (Å²) in [6.45, 7) is 0.936. The molecule has 2 nitrogen and oxygen atoms in total. The van der Waals surface area contributed by atoms with Crippen LogP contribution in [0.1, 0.15) is 0 Å². The Morgan fingerprint density at radius 3 is 2.93 bits per heavy atom. The van der Waals surface area contributed by atoms with Crippen LogP contribution >= 0.6 is 31.9 Å². The average Bonchev–Trinajstić information content (AvgIpc) is 2.62. The van der Waals surface area contributed by atoms with Crippen molar-refractivity contribution < 1.29 is 0 Å². The molecule has 1 aromatic carbocycles.